The van der Waals surface area contributed by atoms with Crippen molar-refractivity contribution in [3.63, 3.8) is 0 Å². The fraction of sp³-hybridized carbons (Fsp3) is 0.125. The zero-order valence-corrected chi connectivity index (χ0v) is 19.8. The number of amides is 1. The first-order valence-corrected chi connectivity index (χ1v) is 10.7. The Balaban J connectivity index is 1.75. The molecule has 0 fully saturated rings. The van der Waals surface area contributed by atoms with Crippen LogP contribution in [0.2, 0.25) is 0 Å². The summed E-state index contributed by atoms with van der Waals surface area (Å²) in [6.45, 7) is -0.000133. The average molecular weight is 531 g/mol. The third-order valence-corrected chi connectivity index (χ3v) is 5.26. The molecule has 1 N–H and O–H groups in total. The van der Waals surface area contributed by atoms with E-state index in [4.69, 9.17) is 14.2 Å². The molecule has 0 bridgehead atoms. The largest absolute Gasteiger partial charge is 0.496 e. The Labute approximate surface area is 203 Å². The summed E-state index contributed by atoms with van der Waals surface area (Å²) in [7, 11) is 2.85. The number of halogens is 2. The smallest absolute Gasteiger partial charge is 0.296 e. The standard InChI is InChI=1S/C24H20BrFN2O6/c1-32-17-8-9-20(21(13-17)28(30)31)27-23(29)10-7-15-11-18(25)24(22(12-15)33-2)34-14-16-5-3-4-6-19(16)26/h3-13H,14H2,1-2H3,(H,27,29)/b10-7+. The highest BCUT2D eigenvalue weighted by Crippen LogP contribution is 2.37. The van der Waals surface area contributed by atoms with Crippen LogP contribution < -0.4 is 19.5 Å². The van der Waals surface area contributed by atoms with Gasteiger partial charge in [-0.05, 0) is 57.9 Å². The summed E-state index contributed by atoms with van der Waals surface area (Å²) in [4.78, 5) is 23.0. The minimum atomic E-state index is -0.607. The molecular weight excluding hydrogens is 511 g/mol. The van der Waals surface area contributed by atoms with Crippen LogP contribution >= 0.6 is 15.9 Å². The maximum Gasteiger partial charge on any atom is 0.296 e. The van der Waals surface area contributed by atoms with Crippen molar-refractivity contribution in [2.45, 2.75) is 6.61 Å². The molecule has 10 heteroatoms. The molecule has 0 aliphatic rings. The molecule has 3 rings (SSSR count). The first-order chi connectivity index (χ1) is 16.3. The first kappa shape index (κ1) is 24.7. The number of methoxy groups -OCH3 is 2. The van der Waals surface area contributed by atoms with Gasteiger partial charge < -0.3 is 19.5 Å². The predicted octanol–water partition coefficient (Wildman–Crippen LogP) is 5.74. The van der Waals surface area contributed by atoms with Crippen molar-refractivity contribution in [2.24, 2.45) is 0 Å². The summed E-state index contributed by atoms with van der Waals surface area (Å²) >= 11 is 3.41. The van der Waals surface area contributed by atoms with Crippen molar-refractivity contribution in [2.75, 3.05) is 19.5 Å². The second kappa shape index (κ2) is 11.3. The monoisotopic (exact) mass is 530 g/mol. The summed E-state index contributed by atoms with van der Waals surface area (Å²) in [5.74, 6) is 0.107. The van der Waals surface area contributed by atoms with Crippen LogP contribution in [0.3, 0.4) is 0 Å². The molecule has 0 aromatic heterocycles. The number of rotatable bonds is 9. The molecule has 1 amide bonds. The van der Waals surface area contributed by atoms with Crippen LogP contribution in [-0.4, -0.2) is 25.1 Å². The van der Waals surface area contributed by atoms with E-state index in [-0.39, 0.29) is 23.8 Å². The maximum absolute atomic E-state index is 13.9. The van der Waals surface area contributed by atoms with Crippen molar-refractivity contribution in [3.05, 3.63) is 92.2 Å². The van der Waals surface area contributed by atoms with E-state index in [1.165, 1.54) is 50.6 Å². The zero-order chi connectivity index (χ0) is 24.7. The first-order valence-electron chi connectivity index (χ1n) is 9.87. The number of carbonyl (C=O) groups excluding carboxylic acids is 1. The Morgan fingerprint density at radius 2 is 1.91 bits per heavy atom. The molecule has 0 atom stereocenters. The van der Waals surface area contributed by atoms with Crippen LogP contribution in [0.1, 0.15) is 11.1 Å². The zero-order valence-electron chi connectivity index (χ0n) is 18.2. The Morgan fingerprint density at radius 1 is 1.15 bits per heavy atom. The normalized spacial score (nSPS) is 10.7. The van der Waals surface area contributed by atoms with Gasteiger partial charge in [-0.25, -0.2) is 4.39 Å². The molecular formula is C24H20BrFN2O6. The molecule has 0 aliphatic heterocycles. The summed E-state index contributed by atoms with van der Waals surface area (Å²) in [5.41, 5.74) is 0.740. The Bertz CT molecular complexity index is 1250. The van der Waals surface area contributed by atoms with Gasteiger partial charge in [0.1, 0.15) is 23.9 Å². The van der Waals surface area contributed by atoms with Crippen LogP contribution in [-0.2, 0) is 11.4 Å². The van der Waals surface area contributed by atoms with Gasteiger partial charge in [0.2, 0.25) is 5.91 Å². The fourth-order valence-corrected chi connectivity index (χ4v) is 3.56. The van der Waals surface area contributed by atoms with E-state index in [1.807, 2.05) is 0 Å². The highest BCUT2D eigenvalue weighted by molar-refractivity contribution is 9.10. The minimum absolute atomic E-state index is 0.000133. The maximum atomic E-state index is 13.9. The topological polar surface area (TPSA) is 99.9 Å². The molecule has 3 aromatic carbocycles. The van der Waals surface area contributed by atoms with Gasteiger partial charge in [0.25, 0.3) is 5.69 Å². The summed E-state index contributed by atoms with van der Waals surface area (Å²) in [6.07, 6.45) is 2.74. The molecule has 0 spiro atoms. The highest BCUT2D eigenvalue weighted by Gasteiger charge is 2.17. The van der Waals surface area contributed by atoms with E-state index in [0.717, 1.165) is 0 Å². The van der Waals surface area contributed by atoms with Gasteiger partial charge in [0.05, 0.1) is 29.7 Å². The van der Waals surface area contributed by atoms with Crippen LogP contribution in [0.25, 0.3) is 6.08 Å². The van der Waals surface area contributed by atoms with Gasteiger partial charge in [0, 0.05) is 11.6 Å². The number of hydrogen-bond donors (Lipinski definition) is 1. The lowest BCUT2D eigenvalue weighted by Crippen LogP contribution is -2.09. The van der Waals surface area contributed by atoms with Gasteiger partial charge in [-0.15, -0.1) is 0 Å². The molecule has 0 heterocycles. The van der Waals surface area contributed by atoms with E-state index in [1.54, 1.807) is 30.3 Å². The van der Waals surface area contributed by atoms with Crippen LogP contribution in [0.5, 0.6) is 17.2 Å². The predicted molar refractivity (Wildman–Crippen MR) is 129 cm³/mol. The van der Waals surface area contributed by atoms with Crippen LogP contribution in [0.4, 0.5) is 15.8 Å². The van der Waals surface area contributed by atoms with Crippen molar-refractivity contribution < 1.29 is 28.3 Å². The summed E-state index contributed by atoms with van der Waals surface area (Å²) < 4.78 is 30.5. The van der Waals surface area contributed by atoms with Gasteiger partial charge in [-0.1, -0.05) is 18.2 Å². The molecule has 3 aromatic rings. The Hall–Kier alpha value is -3.92. The SMILES string of the molecule is COc1ccc(NC(=O)/C=C/c2cc(Br)c(OCc3ccccc3F)c(OC)c2)c([N+](=O)[O-])c1. The molecule has 0 saturated carbocycles. The van der Waals surface area contributed by atoms with Crippen molar-refractivity contribution in [1.29, 1.82) is 0 Å². The number of anilines is 1. The number of nitrogens with one attached hydrogen (secondary N) is 1. The lowest BCUT2D eigenvalue weighted by Gasteiger charge is -2.14. The van der Waals surface area contributed by atoms with E-state index in [0.29, 0.717) is 32.8 Å². The Kier molecular flexibility index (Phi) is 8.20. The number of nitro groups is 1. The van der Waals surface area contributed by atoms with Crippen LogP contribution in [0.15, 0.2) is 65.1 Å². The number of ether oxygens (including phenoxy) is 3. The van der Waals surface area contributed by atoms with Gasteiger partial charge in [-0.3, -0.25) is 14.9 Å². The Morgan fingerprint density at radius 3 is 2.59 bits per heavy atom. The van der Waals surface area contributed by atoms with Gasteiger partial charge in [0.15, 0.2) is 11.5 Å². The molecule has 0 saturated heterocycles. The molecule has 34 heavy (non-hydrogen) atoms. The highest BCUT2D eigenvalue weighted by atomic mass is 79.9. The molecule has 0 radical (unpaired) electrons. The van der Waals surface area contributed by atoms with Crippen molar-refractivity contribution in [3.8, 4) is 17.2 Å². The molecule has 0 aliphatic carbocycles. The second-order valence-corrected chi connectivity index (χ2v) is 7.73. The second-order valence-electron chi connectivity index (χ2n) is 6.88. The quantitative estimate of drug-likeness (QED) is 0.215. The number of hydrogen-bond acceptors (Lipinski definition) is 6. The van der Waals surface area contributed by atoms with Gasteiger partial charge in [-0.2, -0.15) is 0 Å². The van der Waals surface area contributed by atoms with Gasteiger partial charge >= 0.3 is 0 Å². The number of carbonyl (C=O) groups is 1. The summed E-state index contributed by atoms with van der Waals surface area (Å²) in [6, 6.07) is 13.7. The minimum Gasteiger partial charge on any atom is -0.496 e. The molecule has 0 unspecified atom stereocenters. The number of nitro benzene ring substituents is 1. The lowest BCUT2D eigenvalue weighted by molar-refractivity contribution is -0.384. The van der Waals surface area contributed by atoms with E-state index in [2.05, 4.69) is 21.2 Å². The average Bonchev–Trinajstić information content (AvgIpc) is 2.82. The third-order valence-electron chi connectivity index (χ3n) is 4.67. The third kappa shape index (κ3) is 6.10. The van der Waals surface area contributed by atoms with Crippen LogP contribution in [0, 0.1) is 15.9 Å². The van der Waals surface area contributed by atoms with Crippen molar-refractivity contribution >= 4 is 39.3 Å². The number of benzene rings is 3. The van der Waals surface area contributed by atoms with E-state index in [9.17, 15) is 19.3 Å². The van der Waals surface area contributed by atoms with E-state index < -0.39 is 10.8 Å². The van der Waals surface area contributed by atoms with E-state index >= 15 is 0 Å². The molecule has 8 nitrogen and oxygen atoms in total. The summed E-state index contributed by atoms with van der Waals surface area (Å²) in [5, 5.41) is 13.8. The number of nitrogens with zero attached hydrogens (tertiary/aromatic N) is 1. The molecule has 176 valence electrons. The van der Waals surface area contributed by atoms with Crippen molar-refractivity contribution in [1.82, 2.24) is 0 Å². The lowest BCUT2D eigenvalue weighted by atomic mass is 10.1. The fourth-order valence-electron chi connectivity index (χ4n) is 2.98.